The summed E-state index contributed by atoms with van der Waals surface area (Å²) in [4.78, 5) is 30.1. The number of hydrogen-bond donors (Lipinski definition) is 0. The summed E-state index contributed by atoms with van der Waals surface area (Å²) < 4.78 is 0. The molecule has 1 aromatic rings. The van der Waals surface area contributed by atoms with Gasteiger partial charge in [0.05, 0.1) is 0 Å². The fraction of sp³-hybridized carbons (Fsp3) is 0.652. The van der Waals surface area contributed by atoms with Gasteiger partial charge >= 0.3 is 0 Å². The molecule has 1 saturated carbocycles. The molecule has 0 aromatic heterocycles. The third kappa shape index (κ3) is 4.04. The highest BCUT2D eigenvalue weighted by Gasteiger charge is 2.40. The van der Waals surface area contributed by atoms with Crippen LogP contribution >= 0.6 is 0 Å². The minimum atomic E-state index is -0.0284. The summed E-state index contributed by atoms with van der Waals surface area (Å²) >= 11 is 0. The Morgan fingerprint density at radius 2 is 1.59 bits per heavy atom. The highest BCUT2D eigenvalue weighted by molar-refractivity contribution is 5.98. The van der Waals surface area contributed by atoms with E-state index in [1.807, 2.05) is 23.1 Å². The molecule has 2 amide bonds. The van der Waals surface area contributed by atoms with Crippen LogP contribution in [0, 0.1) is 5.41 Å². The molecule has 0 unspecified atom stereocenters. The normalized spacial score (nSPS) is 22.4. The monoisotopic (exact) mass is 368 g/mol. The molecule has 2 aliphatic heterocycles. The van der Waals surface area contributed by atoms with Crippen LogP contribution in [0.4, 0.5) is 0 Å². The minimum Gasteiger partial charge on any atom is -0.343 e. The molecule has 2 fully saturated rings. The van der Waals surface area contributed by atoms with Crippen LogP contribution in [-0.2, 0) is 11.3 Å². The Bertz CT molecular complexity index is 685. The van der Waals surface area contributed by atoms with Gasteiger partial charge in [0.2, 0.25) is 5.91 Å². The largest absolute Gasteiger partial charge is 0.343 e. The molecule has 0 radical (unpaired) electrons. The summed E-state index contributed by atoms with van der Waals surface area (Å²) in [6, 6.07) is 7.95. The second kappa shape index (κ2) is 8.04. The SMILES string of the molecule is O=C(CC1(CN2Cc3ccccc3C2=O)CCCCC1)N1CCCCCC1. The maximum absolute atomic E-state index is 13.1. The first-order valence-corrected chi connectivity index (χ1v) is 10.8. The van der Waals surface area contributed by atoms with E-state index in [1.54, 1.807) is 0 Å². The van der Waals surface area contributed by atoms with Crippen molar-refractivity contribution in [1.82, 2.24) is 9.80 Å². The molecule has 27 heavy (non-hydrogen) atoms. The van der Waals surface area contributed by atoms with Gasteiger partial charge in [0, 0.05) is 38.2 Å². The summed E-state index contributed by atoms with van der Waals surface area (Å²) in [5.41, 5.74) is 1.95. The van der Waals surface area contributed by atoms with Crippen molar-refractivity contribution < 1.29 is 9.59 Å². The van der Waals surface area contributed by atoms with Gasteiger partial charge in [0.25, 0.3) is 5.91 Å². The average Bonchev–Trinajstić information content (AvgIpc) is 2.87. The third-order valence-corrected chi connectivity index (χ3v) is 6.82. The fourth-order valence-electron chi connectivity index (χ4n) is 5.29. The predicted molar refractivity (Wildman–Crippen MR) is 106 cm³/mol. The molecule has 146 valence electrons. The molecule has 2 heterocycles. The van der Waals surface area contributed by atoms with Gasteiger partial charge in [-0.3, -0.25) is 9.59 Å². The van der Waals surface area contributed by atoms with Crippen molar-refractivity contribution in [2.45, 2.75) is 70.8 Å². The summed E-state index contributed by atoms with van der Waals surface area (Å²) in [5, 5.41) is 0. The van der Waals surface area contributed by atoms with Gasteiger partial charge in [-0.15, -0.1) is 0 Å². The first-order chi connectivity index (χ1) is 13.2. The molecule has 0 atom stereocenters. The van der Waals surface area contributed by atoms with Crippen LogP contribution in [0.25, 0.3) is 0 Å². The zero-order valence-corrected chi connectivity index (χ0v) is 16.4. The fourth-order valence-corrected chi connectivity index (χ4v) is 5.29. The van der Waals surface area contributed by atoms with Gasteiger partial charge in [0.1, 0.15) is 0 Å². The number of benzene rings is 1. The number of rotatable bonds is 4. The molecule has 1 aromatic carbocycles. The summed E-state index contributed by atoms with van der Waals surface area (Å²) in [6.45, 7) is 3.28. The van der Waals surface area contributed by atoms with E-state index in [0.717, 1.165) is 56.4 Å². The van der Waals surface area contributed by atoms with Crippen molar-refractivity contribution in [3.8, 4) is 0 Å². The molecule has 0 spiro atoms. The number of nitrogens with zero attached hydrogens (tertiary/aromatic N) is 2. The Kier molecular flexibility index (Phi) is 5.51. The lowest BCUT2D eigenvalue weighted by Crippen LogP contribution is -2.44. The molecule has 0 bridgehead atoms. The van der Waals surface area contributed by atoms with E-state index in [0.29, 0.717) is 18.9 Å². The highest BCUT2D eigenvalue weighted by atomic mass is 16.2. The van der Waals surface area contributed by atoms with Gasteiger partial charge in [-0.2, -0.15) is 0 Å². The van der Waals surface area contributed by atoms with Crippen molar-refractivity contribution in [3.63, 3.8) is 0 Å². The number of carbonyl (C=O) groups is 2. The molecular weight excluding hydrogens is 336 g/mol. The lowest BCUT2D eigenvalue weighted by molar-refractivity contribution is -0.134. The third-order valence-electron chi connectivity index (χ3n) is 6.82. The summed E-state index contributed by atoms with van der Waals surface area (Å²) in [5.74, 6) is 0.473. The van der Waals surface area contributed by atoms with Crippen molar-refractivity contribution in [2.24, 2.45) is 5.41 Å². The van der Waals surface area contributed by atoms with Crippen molar-refractivity contribution in [2.75, 3.05) is 19.6 Å². The van der Waals surface area contributed by atoms with E-state index < -0.39 is 0 Å². The molecule has 3 aliphatic rings. The van der Waals surface area contributed by atoms with Crippen LogP contribution in [0.15, 0.2) is 24.3 Å². The van der Waals surface area contributed by atoms with Crippen LogP contribution in [0.1, 0.15) is 80.1 Å². The smallest absolute Gasteiger partial charge is 0.254 e. The number of fused-ring (bicyclic) bond motifs is 1. The van der Waals surface area contributed by atoms with Gasteiger partial charge in [-0.1, -0.05) is 50.3 Å². The lowest BCUT2D eigenvalue weighted by atomic mass is 9.71. The Morgan fingerprint density at radius 1 is 0.926 bits per heavy atom. The molecule has 0 N–H and O–H groups in total. The van der Waals surface area contributed by atoms with Gasteiger partial charge in [-0.25, -0.2) is 0 Å². The van der Waals surface area contributed by atoms with E-state index in [4.69, 9.17) is 0 Å². The first-order valence-electron chi connectivity index (χ1n) is 10.8. The van der Waals surface area contributed by atoms with E-state index >= 15 is 0 Å². The number of amides is 2. The first kappa shape index (κ1) is 18.5. The zero-order chi connectivity index (χ0) is 18.7. The maximum atomic E-state index is 13.1. The quantitative estimate of drug-likeness (QED) is 0.791. The van der Waals surface area contributed by atoms with Crippen LogP contribution in [0.3, 0.4) is 0 Å². The molecule has 1 aliphatic carbocycles. The Labute approximate surface area is 162 Å². The second-order valence-electron chi connectivity index (χ2n) is 8.85. The second-order valence-corrected chi connectivity index (χ2v) is 8.85. The molecule has 1 saturated heterocycles. The van der Waals surface area contributed by atoms with Crippen LogP contribution < -0.4 is 0 Å². The van der Waals surface area contributed by atoms with Crippen LogP contribution in [0.5, 0.6) is 0 Å². The zero-order valence-electron chi connectivity index (χ0n) is 16.4. The molecule has 4 nitrogen and oxygen atoms in total. The summed E-state index contributed by atoms with van der Waals surface area (Å²) in [6.07, 6.45) is 11.2. The van der Waals surface area contributed by atoms with E-state index in [2.05, 4.69) is 11.0 Å². The van der Waals surface area contributed by atoms with Gasteiger partial charge < -0.3 is 9.80 Å². The van der Waals surface area contributed by atoms with Crippen molar-refractivity contribution in [3.05, 3.63) is 35.4 Å². The number of hydrogen-bond acceptors (Lipinski definition) is 2. The van der Waals surface area contributed by atoms with Crippen LogP contribution in [0.2, 0.25) is 0 Å². The van der Waals surface area contributed by atoms with Crippen molar-refractivity contribution >= 4 is 11.8 Å². The number of carbonyl (C=O) groups excluding carboxylic acids is 2. The highest BCUT2D eigenvalue weighted by Crippen LogP contribution is 2.42. The van der Waals surface area contributed by atoms with Crippen molar-refractivity contribution in [1.29, 1.82) is 0 Å². The predicted octanol–water partition coefficient (Wildman–Crippen LogP) is 4.39. The van der Waals surface area contributed by atoms with E-state index in [-0.39, 0.29) is 11.3 Å². The summed E-state index contributed by atoms with van der Waals surface area (Å²) in [7, 11) is 0. The Hall–Kier alpha value is -1.84. The van der Waals surface area contributed by atoms with E-state index in [9.17, 15) is 9.59 Å². The molecular formula is C23H32N2O2. The Balaban J connectivity index is 1.47. The lowest BCUT2D eigenvalue weighted by Gasteiger charge is -2.40. The average molecular weight is 369 g/mol. The van der Waals surface area contributed by atoms with E-state index in [1.165, 1.54) is 32.1 Å². The minimum absolute atomic E-state index is 0.0284. The standard InChI is InChI=1S/C23H32N2O2/c26-21(24-14-8-1-2-9-15-24)16-23(12-6-3-7-13-23)18-25-17-19-10-4-5-11-20(19)22(25)27/h4-5,10-11H,1-3,6-9,12-18H2. The van der Waals surface area contributed by atoms with Gasteiger partial charge in [0.15, 0.2) is 0 Å². The Morgan fingerprint density at radius 3 is 2.30 bits per heavy atom. The molecule has 4 heteroatoms. The topological polar surface area (TPSA) is 40.6 Å². The van der Waals surface area contributed by atoms with Gasteiger partial charge in [-0.05, 0) is 42.7 Å². The maximum Gasteiger partial charge on any atom is 0.254 e. The van der Waals surface area contributed by atoms with Crippen LogP contribution in [-0.4, -0.2) is 41.2 Å². The molecule has 4 rings (SSSR count). The number of likely N-dealkylation sites (tertiary alicyclic amines) is 1.